The number of nitriles is 1. The summed E-state index contributed by atoms with van der Waals surface area (Å²) in [4.78, 5) is 34.1. The predicted octanol–water partition coefficient (Wildman–Crippen LogP) is 1.60. The Bertz CT molecular complexity index is 1530. The minimum absolute atomic E-state index is 0.0158. The molecule has 3 aromatic rings. The fourth-order valence-electron chi connectivity index (χ4n) is 3.51. The number of aliphatic hydroxyl groups excluding tert-OH is 2. The standard InChI is InChI=1S/C26H23ClN6O5/c27-19-7-4-17(5-8-19)14-32-24(31-25(36)33(26(32)37)15-21(35)16-34)30-20-2-1-3-22(10-9-20)38-23-11-6-18(12-28)13-29-23/h1-11,13,20-21,34-35H,14-16H2,(H,30,31,36)/t20?,21-/m0/s1. The van der Waals surface area contributed by atoms with Gasteiger partial charge in [0.15, 0.2) is 0 Å². The van der Waals surface area contributed by atoms with E-state index in [1.54, 1.807) is 66.8 Å². The number of allylic oxidation sites excluding steroid dienone is 3. The van der Waals surface area contributed by atoms with E-state index < -0.39 is 36.7 Å². The van der Waals surface area contributed by atoms with Crippen LogP contribution in [0.15, 0.2) is 88.3 Å². The molecule has 194 valence electrons. The monoisotopic (exact) mass is 534 g/mol. The lowest BCUT2D eigenvalue weighted by atomic mass is 10.2. The van der Waals surface area contributed by atoms with Crippen molar-refractivity contribution in [2.75, 3.05) is 11.9 Å². The molecule has 2 aromatic heterocycles. The molecule has 1 aliphatic rings. The quantitative estimate of drug-likeness (QED) is 0.371. The summed E-state index contributed by atoms with van der Waals surface area (Å²) >= 11 is 5.98. The minimum Gasteiger partial charge on any atom is -0.439 e. The Kier molecular flexibility index (Phi) is 8.50. The Morgan fingerprint density at radius 1 is 1.16 bits per heavy atom. The molecule has 0 amide bonds. The molecule has 2 heterocycles. The number of aliphatic hydroxyl groups is 2. The van der Waals surface area contributed by atoms with Gasteiger partial charge in [0.05, 0.1) is 37.4 Å². The second kappa shape index (κ2) is 12.2. The van der Waals surface area contributed by atoms with E-state index in [-0.39, 0.29) is 12.5 Å². The van der Waals surface area contributed by atoms with Gasteiger partial charge < -0.3 is 20.3 Å². The molecule has 0 bridgehead atoms. The van der Waals surface area contributed by atoms with E-state index >= 15 is 0 Å². The van der Waals surface area contributed by atoms with Crippen molar-refractivity contribution in [1.29, 1.82) is 5.26 Å². The van der Waals surface area contributed by atoms with E-state index in [1.807, 2.05) is 6.07 Å². The molecule has 2 atom stereocenters. The molecule has 0 saturated heterocycles. The molecule has 1 aliphatic carbocycles. The number of nitrogens with zero attached hydrogens (tertiary/aromatic N) is 5. The molecule has 0 radical (unpaired) electrons. The van der Waals surface area contributed by atoms with E-state index in [1.165, 1.54) is 10.8 Å². The molecule has 11 nitrogen and oxygen atoms in total. The number of hydrogen-bond donors (Lipinski definition) is 3. The summed E-state index contributed by atoms with van der Waals surface area (Å²) in [6, 6.07) is 11.5. The third-order valence-corrected chi connectivity index (χ3v) is 5.69. The highest BCUT2D eigenvalue weighted by Crippen LogP contribution is 2.16. The summed E-state index contributed by atoms with van der Waals surface area (Å²) in [5.74, 6) is 0.802. The maximum absolute atomic E-state index is 13.3. The Labute approximate surface area is 221 Å². The van der Waals surface area contributed by atoms with Gasteiger partial charge in [-0.15, -0.1) is 0 Å². The van der Waals surface area contributed by atoms with Gasteiger partial charge in [-0.3, -0.25) is 4.57 Å². The number of ether oxygens (including phenoxy) is 1. The first-order chi connectivity index (χ1) is 18.4. The van der Waals surface area contributed by atoms with E-state index in [0.29, 0.717) is 22.2 Å². The number of rotatable bonds is 9. The molecule has 0 fully saturated rings. The number of hydrogen-bond acceptors (Lipinski definition) is 9. The topological polar surface area (TPSA) is 155 Å². The van der Waals surface area contributed by atoms with Gasteiger partial charge in [0.2, 0.25) is 11.8 Å². The SMILES string of the molecule is N#Cc1ccc(OC2=CC=CC(Nc3nc(=O)n(C[C@H](O)CO)c(=O)n3Cc3ccc(Cl)cc3)C=C2)nc1. The summed E-state index contributed by atoms with van der Waals surface area (Å²) in [5, 5.41) is 31.5. The smallest absolute Gasteiger partial charge is 0.355 e. The highest BCUT2D eigenvalue weighted by molar-refractivity contribution is 6.30. The summed E-state index contributed by atoms with van der Waals surface area (Å²) in [6.07, 6.45) is 8.77. The van der Waals surface area contributed by atoms with Crippen LogP contribution in [0.25, 0.3) is 0 Å². The maximum Gasteiger partial charge on any atom is 0.355 e. The van der Waals surface area contributed by atoms with Crippen molar-refractivity contribution in [3.63, 3.8) is 0 Å². The van der Waals surface area contributed by atoms with Crippen LogP contribution in [0.4, 0.5) is 5.95 Å². The first kappa shape index (κ1) is 26.6. The summed E-state index contributed by atoms with van der Waals surface area (Å²) in [7, 11) is 0. The normalized spacial score (nSPS) is 15.3. The zero-order valence-electron chi connectivity index (χ0n) is 19.9. The predicted molar refractivity (Wildman–Crippen MR) is 140 cm³/mol. The molecule has 0 aliphatic heterocycles. The van der Waals surface area contributed by atoms with Crippen molar-refractivity contribution in [2.24, 2.45) is 0 Å². The molecule has 4 rings (SSSR count). The van der Waals surface area contributed by atoms with Crippen molar-refractivity contribution in [3.05, 3.63) is 116 Å². The van der Waals surface area contributed by atoms with Gasteiger partial charge in [-0.25, -0.2) is 19.1 Å². The molecule has 1 aromatic carbocycles. The Hall–Kier alpha value is -4.50. The number of anilines is 1. The van der Waals surface area contributed by atoms with Crippen molar-refractivity contribution in [1.82, 2.24) is 19.1 Å². The maximum atomic E-state index is 13.3. The fourth-order valence-corrected chi connectivity index (χ4v) is 3.63. The van der Waals surface area contributed by atoms with Crippen molar-refractivity contribution in [3.8, 4) is 11.9 Å². The van der Waals surface area contributed by atoms with Gasteiger partial charge in [-0.2, -0.15) is 10.2 Å². The second-order valence-electron chi connectivity index (χ2n) is 8.24. The molecule has 1 unspecified atom stereocenters. The van der Waals surface area contributed by atoms with Crippen molar-refractivity contribution in [2.45, 2.75) is 25.2 Å². The first-order valence-corrected chi connectivity index (χ1v) is 11.9. The lowest BCUT2D eigenvalue weighted by molar-refractivity contribution is 0.0785. The summed E-state index contributed by atoms with van der Waals surface area (Å²) in [5.41, 5.74) is -0.427. The molecule has 12 heteroatoms. The van der Waals surface area contributed by atoms with Crippen LogP contribution in [0.1, 0.15) is 11.1 Å². The largest absolute Gasteiger partial charge is 0.439 e. The number of benzene rings is 1. The minimum atomic E-state index is -1.30. The Morgan fingerprint density at radius 3 is 2.63 bits per heavy atom. The summed E-state index contributed by atoms with van der Waals surface area (Å²) in [6.45, 7) is -0.951. The van der Waals surface area contributed by atoms with Crippen LogP contribution in [-0.4, -0.2) is 48.1 Å². The molecular formula is C26H23ClN6O5. The van der Waals surface area contributed by atoms with Crippen molar-refractivity contribution >= 4 is 17.5 Å². The van der Waals surface area contributed by atoms with Crippen LogP contribution >= 0.6 is 11.6 Å². The second-order valence-corrected chi connectivity index (χ2v) is 8.68. The fraction of sp³-hybridized carbons (Fsp3) is 0.192. The van der Waals surface area contributed by atoms with Gasteiger partial charge in [-0.1, -0.05) is 42.0 Å². The molecule has 0 spiro atoms. The average Bonchev–Trinajstić information content (AvgIpc) is 3.15. The third kappa shape index (κ3) is 6.63. The van der Waals surface area contributed by atoms with E-state index in [0.717, 1.165) is 10.1 Å². The van der Waals surface area contributed by atoms with Crippen molar-refractivity contribution < 1.29 is 14.9 Å². The zero-order chi connectivity index (χ0) is 27.1. The zero-order valence-corrected chi connectivity index (χ0v) is 20.7. The lowest BCUT2D eigenvalue weighted by Crippen LogP contribution is -2.45. The number of nitrogens with one attached hydrogen (secondary N) is 1. The Morgan fingerprint density at radius 2 is 1.95 bits per heavy atom. The van der Waals surface area contributed by atoms with E-state index in [2.05, 4.69) is 15.3 Å². The van der Waals surface area contributed by atoms with Crippen LogP contribution < -0.4 is 21.4 Å². The molecule has 3 N–H and O–H groups in total. The highest BCUT2D eigenvalue weighted by atomic mass is 35.5. The molecular weight excluding hydrogens is 512 g/mol. The lowest BCUT2D eigenvalue weighted by Gasteiger charge is -2.18. The van der Waals surface area contributed by atoms with Crippen LogP contribution in [0.5, 0.6) is 5.88 Å². The van der Waals surface area contributed by atoms with E-state index in [4.69, 9.17) is 21.6 Å². The van der Waals surface area contributed by atoms with Gasteiger partial charge in [0, 0.05) is 17.3 Å². The Balaban J connectivity index is 1.60. The highest BCUT2D eigenvalue weighted by Gasteiger charge is 2.18. The van der Waals surface area contributed by atoms with Crippen LogP contribution in [0.3, 0.4) is 0 Å². The number of aromatic nitrogens is 4. The summed E-state index contributed by atoms with van der Waals surface area (Å²) < 4.78 is 7.79. The van der Waals surface area contributed by atoms with E-state index in [9.17, 15) is 19.8 Å². The first-order valence-electron chi connectivity index (χ1n) is 11.5. The van der Waals surface area contributed by atoms with Gasteiger partial charge in [-0.05, 0) is 35.9 Å². The number of pyridine rings is 1. The molecule has 0 saturated carbocycles. The van der Waals surface area contributed by atoms with Gasteiger partial charge in [0.1, 0.15) is 11.8 Å². The van der Waals surface area contributed by atoms with Crippen LogP contribution in [-0.2, 0) is 13.1 Å². The van der Waals surface area contributed by atoms with Gasteiger partial charge in [0.25, 0.3) is 0 Å². The number of halogens is 1. The van der Waals surface area contributed by atoms with Crippen LogP contribution in [0.2, 0.25) is 5.02 Å². The molecule has 38 heavy (non-hydrogen) atoms. The van der Waals surface area contributed by atoms with Gasteiger partial charge >= 0.3 is 11.4 Å². The third-order valence-electron chi connectivity index (χ3n) is 5.44. The van der Waals surface area contributed by atoms with Crippen LogP contribution in [0, 0.1) is 11.3 Å². The average molecular weight is 535 g/mol.